The summed E-state index contributed by atoms with van der Waals surface area (Å²) in [4.78, 5) is 42.1. The maximum Gasteiger partial charge on any atom is 0.345 e. The fraction of sp³-hybridized carbons (Fsp3) is 0.292. The van der Waals surface area contributed by atoms with E-state index in [2.05, 4.69) is 4.98 Å². The van der Waals surface area contributed by atoms with E-state index < -0.39 is 16.6 Å². The van der Waals surface area contributed by atoms with E-state index in [0.29, 0.717) is 10.8 Å². The lowest BCUT2D eigenvalue weighted by Crippen LogP contribution is -2.24. The van der Waals surface area contributed by atoms with Gasteiger partial charge in [-0.1, -0.05) is 17.7 Å². The van der Waals surface area contributed by atoms with Gasteiger partial charge in [0.1, 0.15) is 25.4 Å². The second-order valence-corrected chi connectivity index (χ2v) is 8.91. The van der Waals surface area contributed by atoms with Crippen LogP contribution < -0.4 is 14.4 Å². The highest BCUT2D eigenvalue weighted by Gasteiger charge is 2.28. The van der Waals surface area contributed by atoms with E-state index in [-0.39, 0.29) is 42.8 Å². The number of carbonyl (C=O) groups is 2. The molecule has 11 heteroatoms. The molecule has 1 aliphatic heterocycles. The lowest BCUT2D eigenvalue weighted by atomic mass is 10.0. The third kappa shape index (κ3) is 4.94. The minimum atomic E-state index is -0.892. The second kappa shape index (κ2) is 9.71. The number of fused-ring (bicyclic) bond motifs is 1. The van der Waals surface area contributed by atoms with Crippen molar-refractivity contribution in [2.75, 3.05) is 18.1 Å². The van der Waals surface area contributed by atoms with Crippen LogP contribution in [-0.2, 0) is 16.1 Å². The van der Waals surface area contributed by atoms with Crippen molar-refractivity contribution >= 4 is 39.7 Å². The van der Waals surface area contributed by atoms with Crippen LogP contribution in [0.4, 0.5) is 16.5 Å². The summed E-state index contributed by atoms with van der Waals surface area (Å²) in [5, 5.41) is 13.6. The zero-order valence-electron chi connectivity index (χ0n) is 19.6. The molecular formula is C24H23N3O7S. The van der Waals surface area contributed by atoms with Gasteiger partial charge in [0.05, 0.1) is 22.4 Å². The molecule has 0 aliphatic carbocycles. The van der Waals surface area contributed by atoms with Gasteiger partial charge < -0.3 is 14.2 Å². The number of esters is 1. The molecule has 2 heterocycles. The van der Waals surface area contributed by atoms with Gasteiger partial charge in [-0.2, -0.15) is 0 Å². The van der Waals surface area contributed by atoms with Crippen molar-refractivity contribution in [1.29, 1.82) is 0 Å². The fourth-order valence-corrected chi connectivity index (χ4v) is 4.85. The van der Waals surface area contributed by atoms with Crippen molar-refractivity contribution in [3.8, 4) is 11.5 Å². The number of hydrogen-bond donors (Lipinski definition) is 0. The summed E-state index contributed by atoms with van der Waals surface area (Å²) in [6.07, 6.45) is 0. The number of aromatic nitrogens is 1. The first-order valence-electron chi connectivity index (χ1n) is 10.7. The Balaban J connectivity index is 1.55. The van der Waals surface area contributed by atoms with Crippen LogP contribution in [0.3, 0.4) is 0 Å². The van der Waals surface area contributed by atoms with Crippen LogP contribution in [0.1, 0.15) is 39.7 Å². The zero-order chi connectivity index (χ0) is 25.3. The summed E-state index contributed by atoms with van der Waals surface area (Å²) in [7, 11) is 0. The van der Waals surface area contributed by atoms with Crippen LogP contribution in [0.5, 0.6) is 11.5 Å². The van der Waals surface area contributed by atoms with Gasteiger partial charge in [0.15, 0.2) is 16.6 Å². The molecule has 3 aromatic rings. The number of hydrogen-bond acceptors (Lipinski definition) is 9. The average molecular weight is 498 g/mol. The largest absolute Gasteiger partial charge is 0.486 e. The topological polar surface area (TPSA) is 121 Å². The maximum atomic E-state index is 12.7. The molecule has 0 saturated carbocycles. The Bertz CT molecular complexity index is 1310. The van der Waals surface area contributed by atoms with Crippen LogP contribution >= 0.6 is 11.3 Å². The molecule has 0 atom stereocenters. The number of benzene rings is 2. The molecule has 182 valence electrons. The van der Waals surface area contributed by atoms with Crippen molar-refractivity contribution in [2.24, 2.45) is 0 Å². The van der Waals surface area contributed by atoms with Gasteiger partial charge in [0.25, 0.3) is 5.69 Å². The van der Waals surface area contributed by atoms with Crippen molar-refractivity contribution in [2.45, 2.75) is 34.3 Å². The van der Waals surface area contributed by atoms with E-state index in [4.69, 9.17) is 14.2 Å². The van der Waals surface area contributed by atoms with Gasteiger partial charge in [-0.15, -0.1) is 11.3 Å². The average Bonchev–Trinajstić information content (AvgIpc) is 3.26. The van der Waals surface area contributed by atoms with E-state index >= 15 is 0 Å². The predicted molar refractivity (Wildman–Crippen MR) is 129 cm³/mol. The Morgan fingerprint density at radius 3 is 2.34 bits per heavy atom. The molecule has 10 nitrogen and oxygen atoms in total. The maximum absolute atomic E-state index is 12.7. The van der Waals surface area contributed by atoms with E-state index in [0.717, 1.165) is 28.4 Å². The van der Waals surface area contributed by atoms with Crippen LogP contribution in [0.2, 0.25) is 0 Å². The number of aryl methyl sites for hydroxylation is 3. The standard InChI is InChI=1S/C24H23N3O7S/c1-13-7-14(2)22(15(3)8-13)26(16(4)28)24-25-17(12-35-24)11-34-23(29)18-9-20-21(33-6-5-32-20)10-19(18)27(30)31/h7-10,12H,5-6,11H2,1-4H3. The normalized spacial score (nSPS) is 12.2. The van der Waals surface area contributed by atoms with Gasteiger partial charge in [-0.05, 0) is 31.9 Å². The Morgan fingerprint density at radius 2 is 1.74 bits per heavy atom. The first kappa shape index (κ1) is 24.1. The molecule has 0 bridgehead atoms. The molecule has 1 amide bonds. The highest BCUT2D eigenvalue weighted by molar-refractivity contribution is 7.14. The molecule has 0 saturated heterocycles. The number of rotatable bonds is 6. The number of nitro benzene ring substituents is 1. The van der Waals surface area contributed by atoms with Gasteiger partial charge in [-0.3, -0.25) is 19.8 Å². The van der Waals surface area contributed by atoms with E-state index in [1.807, 2.05) is 32.9 Å². The molecule has 0 radical (unpaired) electrons. The van der Waals surface area contributed by atoms with Crippen molar-refractivity contribution in [3.05, 3.63) is 67.7 Å². The fourth-order valence-electron chi connectivity index (χ4n) is 3.99. The lowest BCUT2D eigenvalue weighted by Gasteiger charge is -2.23. The Hall–Kier alpha value is -3.99. The molecule has 0 N–H and O–H groups in total. The molecule has 0 spiro atoms. The molecular weight excluding hydrogens is 474 g/mol. The SMILES string of the molecule is CC(=O)N(c1nc(COC(=O)c2cc3c(cc2[N+](=O)[O-])OCCO3)cs1)c1c(C)cc(C)cc1C. The monoisotopic (exact) mass is 497 g/mol. The molecule has 1 aromatic heterocycles. The lowest BCUT2D eigenvalue weighted by molar-refractivity contribution is -0.385. The third-order valence-electron chi connectivity index (χ3n) is 5.33. The van der Waals surface area contributed by atoms with Crippen LogP contribution in [0.15, 0.2) is 29.6 Å². The molecule has 1 aliphatic rings. The summed E-state index contributed by atoms with van der Waals surface area (Å²) < 4.78 is 16.1. The summed E-state index contributed by atoms with van der Waals surface area (Å²) >= 11 is 1.23. The third-order valence-corrected chi connectivity index (χ3v) is 6.21. The van der Waals surface area contributed by atoms with Crippen molar-refractivity contribution < 1.29 is 28.7 Å². The van der Waals surface area contributed by atoms with Gasteiger partial charge >= 0.3 is 5.97 Å². The number of thiazole rings is 1. The first-order chi connectivity index (χ1) is 16.7. The van der Waals surface area contributed by atoms with Crippen molar-refractivity contribution in [1.82, 2.24) is 4.98 Å². The Morgan fingerprint density at radius 1 is 1.11 bits per heavy atom. The first-order valence-corrected chi connectivity index (χ1v) is 11.6. The van der Waals surface area contributed by atoms with E-state index in [1.54, 1.807) is 5.38 Å². The smallest absolute Gasteiger partial charge is 0.345 e. The number of ether oxygens (including phenoxy) is 3. The summed E-state index contributed by atoms with van der Waals surface area (Å²) in [5.41, 5.74) is 3.45. The molecule has 0 unspecified atom stereocenters. The van der Waals surface area contributed by atoms with E-state index in [1.165, 1.54) is 29.2 Å². The van der Waals surface area contributed by atoms with Crippen LogP contribution in [0.25, 0.3) is 0 Å². The van der Waals surface area contributed by atoms with Crippen molar-refractivity contribution in [3.63, 3.8) is 0 Å². The van der Waals surface area contributed by atoms with Crippen LogP contribution in [-0.4, -0.2) is 35.0 Å². The summed E-state index contributed by atoms with van der Waals surface area (Å²) in [6, 6.07) is 6.40. The molecule has 0 fully saturated rings. The summed E-state index contributed by atoms with van der Waals surface area (Å²) in [6.45, 7) is 7.62. The highest BCUT2D eigenvalue weighted by atomic mass is 32.1. The van der Waals surface area contributed by atoms with Gasteiger partial charge in [0, 0.05) is 18.4 Å². The minimum Gasteiger partial charge on any atom is -0.486 e. The predicted octanol–water partition coefficient (Wildman–Crippen LogP) is 4.79. The van der Waals surface area contributed by atoms with Gasteiger partial charge in [0.2, 0.25) is 5.91 Å². The van der Waals surface area contributed by atoms with Crippen LogP contribution in [0, 0.1) is 30.9 Å². The second-order valence-electron chi connectivity index (χ2n) is 8.07. The highest BCUT2D eigenvalue weighted by Crippen LogP contribution is 2.37. The quantitative estimate of drug-likeness (QED) is 0.271. The number of nitrogens with zero attached hydrogens (tertiary/aromatic N) is 3. The molecule has 4 rings (SSSR count). The van der Waals surface area contributed by atoms with E-state index in [9.17, 15) is 19.7 Å². The number of carbonyl (C=O) groups excluding carboxylic acids is 2. The number of amides is 1. The summed E-state index contributed by atoms with van der Waals surface area (Å²) in [5.74, 6) is -0.651. The minimum absolute atomic E-state index is 0.203. The number of anilines is 2. The Kier molecular flexibility index (Phi) is 6.70. The zero-order valence-corrected chi connectivity index (χ0v) is 20.4. The number of nitro groups is 1. The molecule has 2 aromatic carbocycles. The Labute approximate surface area is 205 Å². The van der Waals surface area contributed by atoms with Gasteiger partial charge in [-0.25, -0.2) is 9.78 Å². The molecule has 35 heavy (non-hydrogen) atoms.